The van der Waals surface area contributed by atoms with Crippen LogP contribution in [-0.4, -0.2) is 11.7 Å². The zero-order valence-corrected chi connectivity index (χ0v) is 42.5. The van der Waals surface area contributed by atoms with Crippen molar-refractivity contribution in [1.29, 1.82) is 0 Å². The standard InChI is InChI=1S/C73H53N3/c1-72(2)63-27-12-14-29-65(63)73(66-30-15-13-28-64(66)72)62-45-44-59(54-38-34-52(35-39-54)51-32-36-53(37-33-51)58-25-16-24-57(46-58)49-20-8-4-9-21-49)47-61(62)68-60(26-17-31-67(68)73)71-75-69(55-22-10-5-11-23-55)74-70(76-71)56-42-40-50(41-43-56)48-18-6-3-7-19-48/h3-47,70H,1-2H3,(H,74,75,76). The first-order valence-electron chi connectivity index (χ1n) is 26.4. The van der Waals surface area contributed by atoms with Crippen LogP contribution >= 0.6 is 0 Å². The molecule has 1 unspecified atom stereocenters. The first-order chi connectivity index (χ1) is 37.4. The van der Waals surface area contributed by atoms with Crippen molar-refractivity contribution in [3.63, 3.8) is 0 Å². The SMILES string of the molecule is CC1(C)c2ccccc2C2(c3ccc(-c4ccc(-c5ccc(-c6cccc(-c7ccccc7)c6)cc5)cc4)cc3-c3c(C4=NC(c5ccccc5)=NC(c5ccc(-c6ccccc6)cc5)N4)cccc32)c2ccccc21. The lowest BCUT2D eigenvalue weighted by atomic mass is 9.55. The maximum Gasteiger partial charge on any atom is 0.159 e. The smallest absolute Gasteiger partial charge is 0.159 e. The molecule has 11 aromatic carbocycles. The van der Waals surface area contributed by atoms with Crippen LogP contribution in [0.1, 0.15) is 70.1 Å². The van der Waals surface area contributed by atoms with E-state index in [1.807, 2.05) is 6.07 Å². The number of nitrogens with one attached hydrogen (secondary N) is 1. The third-order valence-electron chi connectivity index (χ3n) is 16.3. The van der Waals surface area contributed by atoms with Gasteiger partial charge in [0.1, 0.15) is 12.0 Å². The van der Waals surface area contributed by atoms with Crippen molar-refractivity contribution in [2.75, 3.05) is 0 Å². The van der Waals surface area contributed by atoms with Crippen LogP contribution in [-0.2, 0) is 10.8 Å². The van der Waals surface area contributed by atoms with Gasteiger partial charge < -0.3 is 5.32 Å². The summed E-state index contributed by atoms with van der Waals surface area (Å²) in [7, 11) is 0. The van der Waals surface area contributed by atoms with E-state index in [9.17, 15) is 0 Å². The van der Waals surface area contributed by atoms with Crippen LogP contribution in [0.4, 0.5) is 0 Å². The summed E-state index contributed by atoms with van der Waals surface area (Å²) in [5.74, 6) is 1.50. The van der Waals surface area contributed by atoms with Crippen LogP contribution in [0.3, 0.4) is 0 Å². The van der Waals surface area contributed by atoms with Gasteiger partial charge in [0, 0.05) is 16.5 Å². The van der Waals surface area contributed by atoms with Gasteiger partial charge in [-0.3, -0.25) is 0 Å². The lowest BCUT2D eigenvalue weighted by Crippen LogP contribution is -2.40. The van der Waals surface area contributed by atoms with E-state index in [2.05, 4.69) is 286 Å². The summed E-state index contributed by atoms with van der Waals surface area (Å²) in [6.07, 6.45) is -0.373. The van der Waals surface area contributed by atoms with Crippen LogP contribution in [0.15, 0.2) is 283 Å². The van der Waals surface area contributed by atoms with Gasteiger partial charge in [0.15, 0.2) is 5.84 Å². The highest BCUT2D eigenvalue weighted by atomic mass is 15.2. The van der Waals surface area contributed by atoms with E-state index in [-0.39, 0.29) is 11.6 Å². The van der Waals surface area contributed by atoms with E-state index >= 15 is 0 Å². The molecule has 1 N–H and O–H groups in total. The Balaban J connectivity index is 0.894. The van der Waals surface area contributed by atoms with Crippen molar-refractivity contribution in [2.24, 2.45) is 9.98 Å². The predicted octanol–water partition coefficient (Wildman–Crippen LogP) is 17.5. The van der Waals surface area contributed by atoms with Gasteiger partial charge in [0.2, 0.25) is 0 Å². The van der Waals surface area contributed by atoms with Gasteiger partial charge in [0.05, 0.1) is 5.41 Å². The van der Waals surface area contributed by atoms with E-state index in [0.717, 1.165) is 33.7 Å². The molecule has 11 aromatic rings. The number of amidine groups is 2. The number of fused-ring (bicyclic) bond motifs is 9. The van der Waals surface area contributed by atoms with Crippen molar-refractivity contribution in [1.82, 2.24) is 5.32 Å². The number of rotatable bonds is 8. The average Bonchev–Trinajstić information content (AvgIpc) is 3.91. The van der Waals surface area contributed by atoms with Gasteiger partial charge in [-0.25, -0.2) is 9.98 Å². The molecule has 1 spiro atoms. The molecule has 360 valence electrons. The van der Waals surface area contributed by atoms with Crippen molar-refractivity contribution in [2.45, 2.75) is 30.8 Å². The number of hydrogen-bond acceptors (Lipinski definition) is 3. The topological polar surface area (TPSA) is 36.8 Å². The lowest BCUT2D eigenvalue weighted by molar-refractivity contribution is 0.563. The molecule has 3 heteroatoms. The fourth-order valence-corrected chi connectivity index (χ4v) is 12.5. The van der Waals surface area contributed by atoms with Crippen LogP contribution in [0.2, 0.25) is 0 Å². The maximum absolute atomic E-state index is 5.47. The third-order valence-corrected chi connectivity index (χ3v) is 16.3. The van der Waals surface area contributed by atoms with Gasteiger partial charge in [-0.2, -0.15) is 0 Å². The number of hydrogen-bond donors (Lipinski definition) is 1. The first-order valence-corrected chi connectivity index (χ1v) is 26.4. The zero-order valence-electron chi connectivity index (χ0n) is 42.5. The Morgan fingerprint density at radius 2 is 0.711 bits per heavy atom. The Kier molecular flexibility index (Phi) is 10.8. The quantitative estimate of drug-likeness (QED) is 0.162. The molecule has 0 aromatic heterocycles. The minimum Gasteiger partial charge on any atom is -0.344 e. The maximum atomic E-state index is 5.47. The van der Waals surface area contributed by atoms with Gasteiger partial charge >= 0.3 is 0 Å². The molecule has 1 atom stereocenters. The first kappa shape index (κ1) is 45.2. The average molecular weight is 972 g/mol. The largest absolute Gasteiger partial charge is 0.344 e. The molecule has 1 aliphatic heterocycles. The molecule has 0 bridgehead atoms. The van der Waals surface area contributed by atoms with Gasteiger partial charge in [0.25, 0.3) is 0 Å². The Bertz CT molecular complexity index is 4010. The molecule has 0 saturated carbocycles. The molecule has 1 heterocycles. The molecule has 2 aliphatic carbocycles. The summed E-state index contributed by atoms with van der Waals surface area (Å²) < 4.78 is 0. The Morgan fingerprint density at radius 3 is 1.26 bits per heavy atom. The summed E-state index contributed by atoms with van der Waals surface area (Å²) in [4.78, 5) is 10.8. The molecule has 0 radical (unpaired) electrons. The van der Waals surface area contributed by atoms with Crippen LogP contribution in [0, 0.1) is 0 Å². The zero-order chi connectivity index (χ0) is 50.8. The number of aliphatic imine (C=N–C) groups is 2. The van der Waals surface area contributed by atoms with Crippen LogP contribution in [0.5, 0.6) is 0 Å². The molecular formula is C73H53N3. The molecule has 0 saturated heterocycles. The number of nitrogens with zero attached hydrogens (tertiary/aromatic N) is 2. The molecule has 3 aliphatic rings. The van der Waals surface area contributed by atoms with Gasteiger partial charge in [-0.05, 0) is 118 Å². The Morgan fingerprint density at radius 1 is 0.316 bits per heavy atom. The van der Waals surface area contributed by atoms with Crippen LogP contribution < -0.4 is 5.32 Å². The summed E-state index contributed by atoms with van der Waals surface area (Å²) in [5, 5.41) is 3.90. The molecule has 0 fully saturated rings. The molecule has 3 nitrogen and oxygen atoms in total. The van der Waals surface area contributed by atoms with Crippen LogP contribution in [0.25, 0.3) is 66.8 Å². The lowest BCUT2D eigenvalue weighted by Gasteiger charge is -2.46. The second-order valence-corrected chi connectivity index (χ2v) is 20.9. The Hall–Kier alpha value is -9.44. The highest BCUT2D eigenvalue weighted by molar-refractivity contribution is 6.16. The highest BCUT2D eigenvalue weighted by Gasteiger charge is 2.54. The predicted molar refractivity (Wildman–Crippen MR) is 315 cm³/mol. The minimum absolute atomic E-state index is 0.215. The molecular weight excluding hydrogens is 919 g/mol. The van der Waals surface area contributed by atoms with E-state index in [4.69, 9.17) is 9.98 Å². The van der Waals surface area contributed by atoms with Crippen molar-refractivity contribution in [3.05, 3.63) is 323 Å². The van der Waals surface area contributed by atoms with Crippen molar-refractivity contribution < 1.29 is 0 Å². The van der Waals surface area contributed by atoms with Gasteiger partial charge in [-0.15, -0.1) is 0 Å². The molecule has 0 amide bonds. The fourth-order valence-electron chi connectivity index (χ4n) is 12.5. The molecule has 14 rings (SSSR count). The highest BCUT2D eigenvalue weighted by Crippen LogP contribution is 2.63. The number of benzene rings is 11. The van der Waals surface area contributed by atoms with E-state index in [0.29, 0.717) is 5.84 Å². The van der Waals surface area contributed by atoms with Crippen molar-refractivity contribution >= 4 is 11.7 Å². The summed E-state index contributed by atoms with van der Waals surface area (Å²) >= 11 is 0. The van der Waals surface area contributed by atoms with Crippen molar-refractivity contribution in [3.8, 4) is 66.8 Å². The third kappa shape index (κ3) is 7.41. The van der Waals surface area contributed by atoms with E-state index in [1.165, 1.54) is 89.0 Å². The monoisotopic (exact) mass is 971 g/mol. The van der Waals surface area contributed by atoms with Gasteiger partial charge in [-0.1, -0.05) is 275 Å². The summed E-state index contributed by atoms with van der Waals surface area (Å²) in [5.41, 5.74) is 24.5. The van der Waals surface area contributed by atoms with E-state index in [1.54, 1.807) is 0 Å². The normalized spacial score (nSPS) is 15.3. The minimum atomic E-state index is -0.584. The summed E-state index contributed by atoms with van der Waals surface area (Å²) in [6, 6.07) is 99.6. The van der Waals surface area contributed by atoms with E-state index < -0.39 is 5.41 Å². The summed E-state index contributed by atoms with van der Waals surface area (Å²) in [6.45, 7) is 4.77. The second-order valence-electron chi connectivity index (χ2n) is 20.9. The fraction of sp³-hybridized carbons (Fsp3) is 0.0685. The Labute approximate surface area is 445 Å². The second kappa shape index (κ2) is 18.2. The molecule has 76 heavy (non-hydrogen) atoms.